The molecule has 6 N–H and O–H groups in total. The van der Waals surface area contributed by atoms with Crippen LogP contribution in [-0.4, -0.2) is 60.1 Å². The number of hydrogen-bond donors (Lipinski definition) is 4. The first-order chi connectivity index (χ1) is 16.9. The highest BCUT2D eigenvalue weighted by Crippen LogP contribution is 2.28. The number of halogens is 1. The van der Waals surface area contributed by atoms with Gasteiger partial charge in [-0.15, -0.1) is 0 Å². The van der Waals surface area contributed by atoms with Gasteiger partial charge in [0.25, 0.3) is 0 Å². The molecule has 1 amide bonds. The average Bonchev–Trinajstić information content (AvgIpc) is 3.32. The van der Waals surface area contributed by atoms with Crippen molar-refractivity contribution in [3.63, 3.8) is 0 Å². The Balaban J connectivity index is 1.46. The smallest absolute Gasteiger partial charge is 0.233 e. The molecular weight excluding hydrogens is 445 g/mol. The fraction of sp³-hybridized carbons (Fsp3) is 0.346. The second-order valence-electron chi connectivity index (χ2n) is 9.06. The van der Waals surface area contributed by atoms with E-state index in [0.29, 0.717) is 12.2 Å². The van der Waals surface area contributed by atoms with Crippen molar-refractivity contribution < 1.29 is 9.18 Å². The number of carbonyl (C=O) groups excluding carboxylic acids is 1. The molecule has 184 valence electrons. The average molecular weight is 478 g/mol. The molecule has 1 aromatic heterocycles. The van der Waals surface area contributed by atoms with Gasteiger partial charge in [0.15, 0.2) is 0 Å². The molecule has 1 aliphatic rings. The van der Waals surface area contributed by atoms with Crippen molar-refractivity contribution in [3.05, 3.63) is 66.1 Å². The highest BCUT2D eigenvalue weighted by atomic mass is 19.1. The van der Waals surface area contributed by atoms with Crippen LogP contribution in [0.3, 0.4) is 0 Å². The zero-order valence-corrected chi connectivity index (χ0v) is 19.9. The monoisotopic (exact) mass is 477 g/mol. The number of nitrogens with one attached hydrogen (secondary N) is 2. The second-order valence-corrected chi connectivity index (χ2v) is 9.06. The van der Waals surface area contributed by atoms with Gasteiger partial charge in [-0.1, -0.05) is 18.2 Å². The number of amides is 1. The summed E-state index contributed by atoms with van der Waals surface area (Å²) in [5, 5.41) is 4.45. The van der Waals surface area contributed by atoms with Crippen molar-refractivity contribution in [3.8, 4) is 0 Å². The third kappa shape index (κ3) is 5.93. The van der Waals surface area contributed by atoms with Crippen molar-refractivity contribution in [2.45, 2.75) is 24.9 Å². The Bertz CT molecular complexity index is 1210. The number of nitrogens with two attached hydrogens (primary N) is 2. The number of primary amides is 1. The van der Waals surface area contributed by atoms with E-state index in [1.807, 2.05) is 13.2 Å². The molecule has 0 radical (unpaired) electrons. The van der Waals surface area contributed by atoms with Gasteiger partial charge in [-0.25, -0.2) is 9.38 Å². The number of aromatic amines is 1. The molecule has 3 aromatic rings. The molecule has 1 saturated heterocycles. The molecule has 1 unspecified atom stereocenters. The van der Waals surface area contributed by atoms with Crippen LogP contribution in [0.4, 0.5) is 10.1 Å². The lowest BCUT2D eigenvalue weighted by molar-refractivity contribution is -0.118. The van der Waals surface area contributed by atoms with Gasteiger partial charge in [-0.05, 0) is 61.2 Å². The summed E-state index contributed by atoms with van der Waals surface area (Å²) in [7, 11) is 1.89. The quantitative estimate of drug-likeness (QED) is 0.279. The van der Waals surface area contributed by atoms with Gasteiger partial charge in [0.2, 0.25) is 5.91 Å². The molecular formula is C26H32FN7O. The summed E-state index contributed by atoms with van der Waals surface area (Å²) in [5.74, 6) is -1.92. The summed E-state index contributed by atoms with van der Waals surface area (Å²) >= 11 is 0. The van der Waals surface area contributed by atoms with Gasteiger partial charge in [0.1, 0.15) is 17.6 Å². The van der Waals surface area contributed by atoms with E-state index < -0.39 is 11.8 Å². The molecule has 1 aliphatic heterocycles. The van der Waals surface area contributed by atoms with E-state index in [-0.39, 0.29) is 17.2 Å². The van der Waals surface area contributed by atoms with E-state index in [2.05, 4.69) is 44.5 Å². The van der Waals surface area contributed by atoms with E-state index in [0.717, 1.165) is 32.5 Å². The highest BCUT2D eigenvalue weighted by Gasteiger charge is 2.34. The number of para-hydroxylation sites is 1. The highest BCUT2D eigenvalue weighted by molar-refractivity contribution is 6.14. The molecule has 4 rings (SSSR count). The van der Waals surface area contributed by atoms with Crippen LogP contribution in [0.1, 0.15) is 18.4 Å². The van der Waals surface area contributed by atoms with Crippen molar-refractivity contribution in [2.24, 2.45) is 27.4 Å². The molecule has 8 nitrogen and oxygen atoms in total. The van der Waals surface area contributed by atoms with Gasteiger partial charge in [-0.3, -0.25) is 14.7 Å². The largest absolute Gasteiger partial charge is 0.386 e. The minimum atomic E-state index is -0.947. The number of H-pyrrole nitrogens is 1. The van der Waals surface area contributed by atoms with Crippen LogP contribution >= 0.6 is 0 Å². The van der Waals surface area contributed by atoms with Gasteiger partial charge < -0.3 is 21.8 Å². The SMILES string of the molecule is CNCC1(N=CC(C(N)=O)C(N)=Nc2ccc(F)cc2)CCN(Cc2cccc3cc[nH]c23)CC1. The Labute approximate surface area is 204 Å². The Morgan fingerprint density at radius 2 is 1.94 bits per heavy atom. The number of aliphatic imine (C=N–C) groups is 2. The number of likely N-dealkylation sites (tertiary alicyclic amines) is 1. The second kappa shape index (κ2) is 10.8. The number of amidine groups is 1. The number of piperidine rings is 1. The Morgan fingerprint density at radius 1 is 1.20 bits per heavy atom. The summed E-state index contributed by atoms with van der Waals surface area (Å²) in [5.41, 5.74) is 14.2. The van der Waals surface area contributed by atoms with Crippen LogP contribution in [0.15, 0.2) is 64.7 Å². The fourth-order valence-corrected chi connectivity index (χ4v) is 4.59. The van der Waals surface area contributed by atoms with Crippen LogP contribution in [0.2, 0.25) is 0 Å². The first-order valence-corrected chi connectivity index (χ1v) is 11.8. The molecule has 0 saturated carbocycles. The first-order valence-electron chi connectivity index (χ1n) is 11.8. The maximum absolute atomic E-state index is 13.2. The van der Waals surface area contributed by atoms with Crippen molar-refractivity contribution >= 4 is 34.5 Å². The van der Waals surface area contributed by atoms with Crippen LogP contribution in [0.25, 0.3) is 10.9 Å². The standard InChI is InChI=1S/C26H32FN7O/c1-30-17-26(32-15-22(25(29)35)24(28)33-21-7-5-20(27)6-8-21)10-13-34(14-11-26)16-19-4-2-3-18-9-12-31-23(18)19/h2-9,12,15,22,30-31H,10-11,13-14,16-17H2,1H3,(H2,28,33)(H2,29,35). The Morgan fingerprint density at radius 3 is 2.63 bits per heavy atom. The van der Waals surface area contributed by atoms with E-state index in [1.54, 1.807) is 0 Å². The lowest BCUT2D eigenvalue weighted by Gasteiger charge is -2.39. The molecule has 2 heterocycles. The van der Waals surface area contributed by atoms with Crippen LogP contribution in [0.5, 0.6) is 0 Å². The van der Waals surface area contributed by atoms with E-state index in [4.69, 9.17) is 16.5 Å². The number of carbonyl (C=O) groups is 1. The van der Waals surface area contributed by atoms with Gasteiger partial charge in [0, 0.05) is 44.1 Å². The van der Waals surface area contributed by atoms with Crippen molar-refractivity contribution in [2.75, 3.05) is 26.7 Å². The van der Waals surface area contributed by atoms with E-state index in [9.17, 15) is 9.18 Å². The van der Waals surface area contributed by atoms with Crippen LogP contribution < -0.4 is 16.8 Å². The third-order valence-electron chi connectivity index (χ3n) is 6.57. The number of nitrogens with zero attached hydrogens (tertiary/aromatic N) is 3. The van der Waals surface area contributed by atoms with Crippen LogP contribution in [-0.2, 0) is 11.3 Å². The zero-order valence-electron chi connectivity index (χ0n) is 19.9. The Hall–Kier alpha value is -3.56. The van der Waals surface area contributed by atoms with E-state index in [1.165, 1.54) is 46.9 Å². The number of fused-ring (bicyclic) bond motifs is 1. The van der Waals surface area contributed by atoms with E-state index >= 15 is 0 Å². The molecule has 9 heteroatoms. The number of hydrogen-bond acceptors (Lipinski definition) is 5. The number of benzene rings is 2. The maximum Gasteiger partial charge on any atom is 0.233 e. The number of rotatable bonds is 9. The lowest BCUT2D eigenvalue weighted by atomic mass is 9.87. The summed E-state index contributed by atoms with van der Waals surface area (Å²) < 4.78 is 13.2. The normalized spacial score (nSPS) is 17.7. The third-order valence-corrected chi connectivity index (χ3v) is 6.57. The predicted octanol–water partition coefficient (Wildman–Crippen LogP) is 2.72. The molecule has 35 heavy (non-hydrogen) atoms. The predicted molar refractivity (Wildman–Crippen MR) is 138 cm³/mol. The van der Waals surface area contributed by atoms with Crippen molar-refractivity contribution in [1.82, 2.24) is 15.2 Å². The minimum Gasteiger partial charge on any atom is -0.386 e. The molecule has 2 aromatic carbocycles. The molecule has 1 atom stereocenters. The molecule has 1 fully saturated rings. The lowest BCUT2D eigenvalue weighted by Crippen LogP contribution is -2.48. The van der Waals surface area contributed by atoms with Gasteiger partial charge in [-0.2, -0.15) is 0 Å². The Kier molecular flexibility index (Phi) is 7.57. The maximum atomic E-state index is 13.2. The fourth-order valence-electron chi connectivity index (χ4n) is 4.59. The molecule has 0 bridgehead atoms. The van der Waals surface area contributed by atoms with Crippen molar-refractivity contribution in [1.29, 1.82) is 0 Å². The number of likely N-dealkylation sites (N-methyl/N-ethyl adjacent to an activating group) is 1. The van der Waals surface area contributed by atoms with Gasteiger partial charge >= 0.3 is 0 Å². The number of aromatic nitrogens is 1. The minimum absolute atomic E-state index is 0.0314. The zero-order chi connectivity index (χ0) is 24.8. The van der Waals surface area contributed by atoms with Gasteiger partial charge in [0.05, 0.1) is 11.2 Å². The summed E-state index contributed by atoms with van der Waals surface area (Å²) in [4.78, 5) is 27.0. The summed E-state index contributed by atoms with van der Waals surface area (Å²) in [6, 6.07) is 14.0. The molecule has 0 aliphatic carbocycles. The summed E-state index contributed by atoms with van der Waals surface area (Å²) in [6.45, 7) is 3.27. The topological polar surface area (TPSA) is 125 Å². The molecule has 0 spiro atoms. The first kappa shape index (κ1) is 24.6. The van der Waals surface area contributed by atoms with Crippen LogP contribution in [0, 0.1) is 11.7 Å². The summed E-state index contributed by atoms with van der Waals surface area (Å²) in [6.07, 6.45) is 5.14.